The van der Waals surface area contributed by atoms with Crippen LogP contribution in [0.25, 0.3) is 0 Å². The molecule has 4 nitrogen and oxygen atoms in total. The first-order valence-corrected chi connectivity index (χ1v) is 7.56. The number of amides is 1. The zero-order valence-electron chi connectivity index (χ0n) is 11.8. The Morgan fingerprint density at radius 3 is 2.90 bits per heavy atom. The molecule has 1 fully saturated rings. The van der Waals surface area contributed by atoms with Gasteiger partial charge in [0.05, 0.1) is 17.7 Å². The van der Waals surface area contributed by atoms with E-state index in [4.69, 9.17) is 16.3 Å². The van der Waals surface area contributed by atoms with Crippen LogP contribution in [0.2, 0.25) is 5.02 Å². The van der Waals surface area contributed by atoms with Crippen molar-refractivity contribution in [3.8, 4) is 0 Å². The summed E-state index contributed by atoms with van der Waals surface area (Å²) in [6.07, 6.45) is 2.58. The van der Waals surface area contributed by atoms with E-state index >= 15 is 0 Å². The van der Waals surface area contributed by atoms with Crippen LogP contribution in [0, 0.1) is 5.82 Å². The fourth-order valence-electron chi connectivity index (χ4n) is 2.22. The molecule has 2 N–H and O–H groups in total. The molecule has 1 heterocycles. The molecule has 1 saturated heterocycles. The number of hydrogen-bond donors (Lipinski definition) is 2. The summed E-state index contributed by atoms with van der Waals surface area (Å²) in [4.78, 5) is 11.7. The van der Waals surface area contributed by atoms with Crippen molar-refractivity contribution in [2.75, 3.05) is 19.7 Å². The molecule has 0 bridgehead atoms. The van der Waals surface area contributed by atoms with E-state index in [0.717, 1.165) is 31.5 Å². The van der Waals surface area contributed by atoms with Crippen LogP contribution >= 0.6 is 11.6 Å². The first-order chi connectivity index (χ1) is 10.1. The van der Waals surface area contributed by atoms with Crippen LogP contribution in [0.1, 0.15) is 24.8 Å². The second-order valence-electron chi connectivity index (χ2n) is 5.10. The molecule has 0 atom stereocenters. The summed E-state index contributed by atoms with van der Waals surface area (Å²) >= 11 is 5.69. The lowest BCUT2D eigenvalue weighted by atomic mass is 10.1. The van der Waals surface area contributed by atoms with Gasteiger partial charge in [0.25, 0.3) is 0 Å². The van der Waals surface area contributed by atoms with Crippen LogP contribution in [0.5, 0.6) is 0 Å². The maximum Gasteiger partial charge on any atom is 0.222 e. The molecular weight excluding hydrogens is 295 g/mol. The number of carbonyl (C=O) groups excluding carboxylic acids is 1. The van der Waals surface area contributed by atoms with Gasteiger partial charge in [0.1, 0.15) is 5.82 Å². The van der Waals surface area contributed by atoms with Crippen molar-refractivity contribution in [2.45, 2.75) is 31.9 Å². The number of carbonyl (C=O) groups is 1. The predicted octanol–water partition coefficient (Wildman–Crippen LogP) is 2.25. The number of benzene rings is 1. The second-order valence-corrected chi connectivity index (χ2v) is 5.50. The van der Waals surface area contributed by atoms with Gasteiger partial charge in [-0.25, -0.2) is 4.39 Å². The van der Waals surface area contributed by atoms with Gasteiger partial charge < -0.3 is 15.4 Å². The molecule has 1 aromatic rings. The molecule has 0 aliphatic carbocycles. The van der Waals surface area contributed by atoms with Crippen molar-refractivity contribution in [1.29, 1.82) is 0 Å². The lowest BCUT2D eigenvalue weighted by Gasteiger charge is -2.22. The minimum absolute atomic E-state index is 0.0657. The summed E-state index contributed by atoms with van der Waals surface area (Å²) in [5, 5.41) is 6.10. The number of rotatable bonds is 6. The van der Waals surface area contributed by atoms with Crippen LogP contribution < -0.4 is 10.6 Å². The lowest BCUT2D eigenvalue weighted by molar-refractivity contribution is -0.122. The van der Waals surface area contributed by atoms with E-state index < -0.39 is 5.82 Å². The Bertz CT molecular complexity index is 479. The van der Waals surface area contributed by atoms with Gasteiger partial charge in [-0.2, -0.15) is 0 Å². The topological polar surface area (TPSA) is 50.4 Å². The number of ether oxygens (including phenoxy) is 1. The molecule has 6 heteroatoms. The predicted molar refractivity (Wildman–Crippen MR) is 79.7 cm³/mol. The zero-order valence-corrected chi connectivity index (χ0v) is 12.6. The zero-order chi connectivity index (χ0) is 15.1. The van der Waals surface area contributed by atoms with Crippen LogP contribution in [-0.4, -0.2) is 31.7 Å². The van der Waals surface area contributed by atoms with E-state index in [-0.39, 0.29) is 17.0 Å². The summed E-state index contributed by atoms with van der Waals surface area (Å²) in [6, 6.07) is 4.42. The molecule has 1 aromatic carbocycles. The fraction of sp³-hybridized carbons (Fsp3) is 0.533. The monoisotopic (exact) mass is 314 g/mol. The molecular formula is C15H20ClFN2O2. The van der Waals surface area contributed by atoms with Gasteiger partial charge in [0.2, 0.25) is 5.91 Å². The SMILES string of the molecule is O=C(CCOC1CCNCC1)NCc1ccc(F)c(Cl)c1. The number of piperidine rings is 1. The Labute approximate surface area is 129 Å². The highest BCUT2D eigenvalue weighted by Gasteiger charge is 2.13. The molecule has 0 aromatic heterocycles. The maximum atomic E-state index is 13.0. The van der Waals surface area contributed by atoms with Gasteiger partial charge in [-0.1, -0.05) is 17.7 Å². The second kappa shape index (κ2) is 8.32. The lowest BCUT2D eigenvalue weighted by Crippen LogP contribution is -2.33. The largest absolute Gasteiger partial charge is 0.378 e. The van der Waals surface area contributed by atoms with Gasteiger partial charge in [-0.15, -0.1) is 0 Å². The molecule has 21 heavy (non-hydrogen) atoms. The Morgan fingerprint density at radius 1 is 1.43 bits per heavy atom. The third-order valence-corrected chi connectivity index (χ3v) is 3.73. The molecule has 0 spiro atoms. The van der Waals surface area contributed by atoms with Crippen LogP contribution in [0.3, 0.4) is 0 Å². The summed E-state index contributed by atoms with van der Waals surface area (Å²) in [5.41, 5.74) is 0.772. The molecule has 1 amide bonds. The van der Waals surface area contributed by atoms with Gasteiger partial charge in [0, 0.05) is 13.0 Å². The van der Waals surface area contributed by atoms with E-state index in [1.54, 1.807) is 6.07 Å². The van der Waals surface area contributed by atoms with E-state index in [9.17, 15) is 9.18 Å². The first-order valence-electron chi connectivity index (χ1n) is 7.18. The van der Waals surface area contributed by atoms with E-state index in [1.807, 2.05) is 0 Å². The number of nitrogens with one attached hydrogen (secondary N) is 2. The molecule has 1 aliphatic rings. The van der Waals surface area contributed by atoms with Crippen molar-refractivity contribution >= 4 is 17.5 Å². The average Bonchev–Trinajstić information content (AvgIpc) is 2.49. The Balaban J connectivity index is 1.63. The van der Waals surface area contributed by atoms with E-state index in [2.05, 4.69) is 10.6 Å². The minimum Gasteiger partial charge on any atom is -0.378 e. The third kappa shape index (κ3) is 5.61. The number of halogens is 2. The maximum absolute atomic E-state index is 13.0. The summed E-state index contributed by atoms with van der Waals surface area (Å²) in [7, 11) is 0. The van der Waals surface area contributed by atoms with Gasteiger partial charge in [-0.05, 0) is 43.6 Å². The highest BCUT2D eigenvalue weighted by atomic mass is 35.5. The van der Waals surface area contributed by atoms with Crippen molar-refractivity contribution in [3.63, 3.8) is 0 Å². The van der Waals surface area contributed by atoms with Crippen LogP contribution in [0.15, 0.2) is 18.2 Å². The molecule has 0 unspecified atom stereocenters. The average molecular weight is 315 g/mol. The third-order valence-electron chi connectivity index (χ3n) is 3.44. The van der Waals surface area contributed by atoms with Crippen LogP contribution in [0.4, 0.5) is 4.39 Å². The van der Waals surface area contributed by atoms with Crippen molar-refractivity contribution in [3.05, 3.63) is 34.6 Å². The summed E-state index contributed by atoms with van der Waals surface area (Å²) in [5.74, 6) is -0.536. The Morgan fingerprint density at radius 2 is 2.19 bits per heavy atom. The van der Waals surface area contributed by atoms with Gasteiger partial charge >= 0.3 is 0 Å². The molecule has 116 valence electrons. The summed E-state index contributed by atoms with van der Waals surface area (Å²) < 4.78 is 18.7. The number of hydrogen-bond acceptors (Lipinski definition) is 3. The minimum atomic E-state index is -0.456. The Hall–Kier alpha value is -1.17. The molecule has 0 radical (unpaired) electrons. The van der Waals surface area contributed by atoms with Crippen molar-refractivity contribution < 1.29 is 13.9 Å². The standard InChI is InChI=1S/C15H20ClFN2O2/c16-13-9-11(1-2-14(13)17)10-19-15(20)5-8-21-12-3-6-18-7-4-12/h1-2,9,12,18H,3-8,10H2,(H,19,20). The first kappa shape index (κ1) is 16.2. The highest BCUT2D eigenvalue weighted by molar-refractivity contribution is 6.30. The van der Waals surface area contributed by atoms with Crippen LogP contribution in [-0.2, 0) is 16.1 Å². The quantitative estimate of drug-likeness (QED) is 0.847. The fourth-order valence-corrected chi connectivity index (χ4v) is 2.42. The van der Waals surface area contributed by atoms with Gasteiger partial charge in [0.15, 0.2) is 0 Å². The summed E-state index contributed by atoms with van der Waals surface area (Å²) in [6.45, 7) is 2.72. The van der Waals surface area contributed by atoms with Gasteiger partial charge in [-0.3, -0.25) is 4.79 Å². The smallest absolute Gasteiger partial charge is 0.222 e. The molecule has 0 saturated carbocycles. The highest BCUT2D eigenvalue weighted by Crippen LogP contribution is 2.15. The van der Waals surface area contributed by atoms with Crippen molar-refractivity contribution in [2.24, 2.45) is 0 Å². The van der Waals surface area contributed by atoms with E-state index in [0.29, 0.717) is 19.6 Å². The normalized spacial score (nSPS) is 15.9. The van der Waals surface area contributed by atoms with E-state index in [1.165, 1.54) is 12.1 Å². The molecule has 1 aliphatic heterocycles. The molecule has 2 rings (SSSR count). The van der Waals surface area contributed by atoms with Crippen molar-refractivity contribution in [1.82, 2.24) is 10.6 Å². The Kier molecular flexibility index (Phi) is 6.42.